The minimum absolute atomic E-state index is 0.0744. The molecule has 0 saturated heterocycles. The van der Waals surface area contributed by atoms with Crippen molar-refractivity contribution in [3.8, 4) is 11.5 Å². The highest BCUT2D eigenvalue weighted by atomic mass is 19.1. The van der Waals surface area contributed by atoms with E-state index >= 15 is 0 Å². The van der Waals surface area contributed by atoms with Gasteiger partial charge in [-0.1, -0.05) is 19.1 Å². The van der Waals surface area contributed by atoms with E-state index in [2.05, 4.69) is 6.92 Å². The van der Waals surface area contributed by atoms with E-state index in [9.17, 15) is 14.5 Å². The van der Waals surface area contributed by atoms with E-state index in [1.54, 1.807) is 18.2 Å². The van der Waals surface area contributed by atoms with Gasteiger partial charge >= 0.3 is 0 Å². The van der Waals surface area contributed by atoms with E-state index in [1.807, 2.05) is 17.1 Å². The first-order chi connectivity index (χ1) is 14.0. The molecule has 0 amide bonds. The molecule has 154 valence electrons. The fourth-order valence-corrected chi connectivity index (χ4v) is 3.47. The lowest BCUT2D eigenvalue weighted by Gasteiger charge is -2.31. The van der Waals surface area contributed by atoms with Gasteiger partial charge in [0.05, 0.1) is 24.3 Å². The lowest BCUT2D eigenvalue weighted by atomic mass is 9.90. The highest BCUT2D eigenvalue weighted by Gasteiger charge is 2.24. The van der Waals surface area contributed by atoms with Crippen LogP contribution in [0.2, 0.25) is 0 Å². The molecule has 1 unspecified atom stereocenters. The standard InChI is InChI=1S/C21H24FN3O4/c1-3-16-10-11-24(13-15-4-7-18(8-5-15)25(26)27)23-21(16)17-6-9-19(29-14-22)20(12-17)28-2/h4-9,12,16H,3,10-11,13-14H2,1-2H3. The van der Waals surface area contributed by atoms with E-state index in [0.29, 0.717) is 24.0 Å². The molecule has 1 aliphatic heterocycles. The van der Waals surface area contributed by atoms with E-state index in [-0.39, 0.29) is 5.69 Å². The minimum atomic E-state index is -0.919. The molecule has 7 nitrogen and oxygen atoms in total. The van der Waals surface area contributed by atoms with Crippen LogP contribution in [0.25, 0.3) is 0 Å². The SMILES string of the molecule is CCC1CCN(Cc2ccc([N+](=O)[O-])cc2)N=C1c1ccc(OCF)c(OC)c1. The van der Waals surface area contributed by atoms with Crippen LogP contribution in [0, 0.1) is 16.0 Å². The Labute approximate surface area is 168 Å². The molecule has 3 rings (SSSR count). The number of nitro benzene ring substituents is 1. The molecule has 8 heteroatoms. The van der Waals surface area contributed by atoms with Gasteiger partial charge in [0.25, 0.3) is 5.69 Å². The number of rotatable bonds is 8. The number of nitro groups is 1. The number of halogens is 1. The zero-order valence-corrected chi connectivity index (χ0v) is 16.5. The molecule has 0 aliphatic carbocycles. The molecule has 1 atom stereocenters. The van der Waals surface area contributed by atoms with Crippen molar-refractivity contribution < 1.29 is 18.8 Å². The maximum Gasteiger partial charge on any atom is 0.269 e. The predicted octanol–water partition coefficient (Wildman–Crippen LogP) is 4.55. The van der Waals surface area contributed by atoms with Crippen LogP contribution in [-0.4, -0.2) is 36.2 Å². The van der Waals surface area contributed by atoms with Crippen molar-refractivity contribution in [2.75, 3.05) is 20.5 Å². The Hall–Kier alpha value is -3.16. The van der Waals surface area contributed by atoms with Crippen molar-refractivity contribution in [1.29, 1.82) is 0 Å². The normalized spacial score (nSPS) is 16.3. The van der Waals surface area contributed by atoms with Crippen LogP contribution in [0.5, 0.6) is 11.5 Å². The molecule has 0 bridgehead atoms. The largest absolute Gasteiger partial charge is 0.493 e. The molecule has 0 N–H and O–H groups in total. The second-order valence-corrected chi connectivity index (χ2v) is 6.81. The lowest BCUT2D eigenvalue weighted by molar-refractivity contribution is -0.384. The van der Waals surface area contributed by atoms with E-state index in [0.717, 1.165) is 36.2 Å². The fraction of sp³-hybridized carbons (Fsp3) is 0.381. The van der Waals surface area contributed by atoms with Gasteiger partial charge in [0.2, 0.25) is 6.86 Å². The average molecular weight is 401 g/mol. The molecule has 2 aromatic carbocycles. The highest BCUT2D eigenvalue weighted by molar-refractivity contribution is 6.02. The van der Waals surface area contributed by atoms with Crippen LogP contribution in [0.15, 0.2) is 47.6 Å². The Bertz CT molecular complexity index is 886. The summed E-state index contributed by atoms with van der Waals surface area (Å²) in [5, 5.41) is 17.6. The number of methoxy groups -OCH3 is 1. The summed E-state index contributed by atoms with van der Waals surface area (Å²) in [6.45, 7) is 2.58. The first-order valence-electron chi connectivity index (χ1n) is 9.49. The third-order valence-corrected chi connectivity index (χ3v) is 5.05. The summed E-state index contributed by atoms with van der Waals surface area (Å²) in [6, 6.07) is 11.9. The summed E-state index contributed by atoms with van der Waals surface area (Å²) in [4.78, 5) is 10.4. The molecule has 0 spiro atoms. The zero-order chi connectivity index (χ0) is 20.8. The molecule has 1 heterocycles. The summed E-state index contributed by atoms with van der Waals surface area (Å²) >= 11 is 0. The molecule has 1 aliphatic rings. The Morgan fingerprint density at radius 2 is 2.00 bits per heavy atom. The maximum absolute atomic E-state index is 12.5. The van der Waals surface area contributed by atoms with Crippen molar-refractivity contribution in [2.24, 2.45) is 11.0 Å². The Morgan fingerprint density at radius 1 is 1.24 bits per heavy atom. The van der Waals surface area contributed by atoms with Gasteiger partial charge in [0.1, 0.15) is 0 Å². The van der Waals surface area contributed by atoms with E-state index in [4.69, 9.17) is 14.6 Å². The van der Waals surface area contributed by atoms with Gasteiger partial charge in [-0.15, -0.1) is 0 Å². The summed E-state index contributed by atoms with van der Waals surface area (Å²) in [7, 11) is 1.52. The quantitative estimate of drug-likeness (QED) is 0.479. The average Bonchev–Trinajstić information content (AvgIpc) is 2.74. The van der Waals surface area contributed by atoms with Gasteiger partial charge in [-0.3, -0.25) is 15.1 Å². The molecule has 29 heavy (non-hydrogen) atoms. The van der Waals surface area contributed by atoms with Crippen LogP contribution in [0.4, 0.5) is 10.1 Å². The van der Waals surface area contributed by atoms with Crippen molar-refractivity contribution >= 4 is 11.4 Å². The first-order valence-corrected chi connectivity index (χ1v) is 9.49. The highest BCUT2D eigenvalue weighted by Crippen LogP contribution is 2.31. The molecular weight excluding hydrogens is 377 g/mol. The molecule has 0 radical (unpaired) electrons. The van der Waals surface area contributed by atoms with Gasteiger partial charge in [0.15, 0.2) is 11.5 Å². The third kappa shape index (κ3) is 4.82. The second kappa shape index (κ2) is 9.36. The monoisotopic (exact) mass is 401 g/mol. The number of hydrogen-bond acceptors (Lipinski definition) is 6. The predicted molar refractivity (Wildman–Crippen MR) is 108 cm³/mol. The molecular formula is C21H24FN3O4. The topological polar surface area (TPSA) is 77.2 Å². The van der Waals surface area contributed by atoms with Crippen LogP contribution >= 0.6 is 0 Å². The van der Waals surface area contributed by atoms with Crippen molar-refractivity contribution in [1.82, 2.24) is 5.01 Å². The number of non-ortho nitro benzene ring substituents is 1. The maximum atomic E-state index is 12.5. The molecule has 0 fully saturated rings. The van der Waals surface area contributed by atoms with Gasteiger partial charge in [-0.25, -0.2) is 4.39 Å². The van der Waals surface area contributed by atoms with Crippen LogP contribution in [0.1, 0.15) is 30.9 Å². The summed E-state index contributed by atoms with van der Waals surface area (Å²) < 4.78 is 22.8. The van der Waals surface area contributed by atoms with Gasteiger partial charge in [0, 0.05) is 30.2 Å². The number of hydrazone groups is 1. The minimum Gasteiger partial charge on any atom is -0.493 e. The van der Waals surface area contributed by atoms with E-state index < -0.39 is 11.8 Å². The zero-order valence-electron chi connectivity index (χ0n) is 16.5. The number of hydrogen-bond donors (Lipinski definition) is 0. The molecule has 0 aromatic heterocycles. The number of benzene rings is 2. The summed E-state index contributed by atoms with van der Waals surface area (Å²) in [5.41, 5.74) is 2.89. The first kappa shape index (κ1) is 20.6. The summed E-state index contributed by atoms with van der Waals surface area (Å²) in [6.07, 6.45) is 1.91. The number of ether oxygens (including phenoxy) is 2. The third-order valence-electron chi connectivity index (χ3n) is 5.05. The molecule has 2 aromatic rings. The van der Waals surface area contributed by atoms with Gasteiger partial charge in [-0.05, 0) is 36.6 Å². The lowest BCUT2D eigenvalue weighted by Crippen LogP contribution is -2.32. The second-order valence-electron chi connectivity index (χ2n) is 6.81. The molecule has 0 saturated carbocycles. The van der Waals surface area contributed by atoms with Gasteiger partial charge in [-0.2, -0.15) is 5.10 Å². The van der Waals surface area contributed by atoms with E-state index in [1.165, 1.54) is 19.2 Å². The fourth-order valence-electron chi connectivity index (χ4n) is 3.47. The Kier molecular flexibility index (Phi) is 6.64. The van der Waals surface area contributed by atoms with Crippen molar-refractivity contribution in [3.63, 3.8) is 0 Å². The van der Waals surface area contributed by atoms with Crippen LogP contribution in [0.3, 0.4) is 0 Å². The van der Waals surface area contributed by atoms with Crippen LogP contribution in [-0.2, 0) is 6.54 Å². The van der Waals surface area contributed by atoms with Crippen molar-refractivity contribution in [3.05, 3.63) is 63.7 Å². The summed E-state index contributed by atoms with van der Waals surface area (Å²) in [5.74, 6) is 1.12. The smallest absolute Gasteiger partial charge is 0.269 e. The number of nitrogens with zero attached hydrogens (tertiary/aromatic N) is 3. The van der Waals surface area contributed by atoms with Gasteiger partial charge < -0.3 is 9.47 Å². The Balaban J connectivity index is 1.85. The number of alkyl halides is 1. The van der Waals surface area contributed by atoms with Crippen molar-refractivity contribution in [2.45, 2.75) is 26.3 Å². The van der Waals surface area contributed by atoms with Crippen LogP contribution < -0.4 is 9.47 Å². The Morgan fingerprint density at radius 3 is 2.62 bits per heavy atom.